The van der Waals surface area contributed by atoms with E-state index in [9.17, 15) is 22.8 Å². The Hall–Kier alpha value is -4.19. The van der Waals surface area contributed by atoms with Crippen molar-refractivity contribution in [1.82, 2.24) is 15.3 Å². The van der Waals surface area contributed by atoms with Crippen molar-refractivity contribution in [3.8, 4) is 11.4 Å². The van der Waals surface area contributed by atoms with Crippen LogP contribution in [-0.4, -0.2) is 40.9 Å². The van der Waals surface area contributed by atoms with Gasteiger partial charge in [-0.3, -0.25) is 9.59 Å². The van der Waals surface area contributed by atoms with E-state index in [1.807, 2.05) is 17.0 Å². The molecule has 0 radical (unpaired) electrons. The molecule has 36 heavy (non-hydrogen) atoms. The Balaban J connectivity index is 1.71. The minimum Gasteiger partial charge on any atom is -0.368 e. The van der Waals surface area contributed by atoms with Gasteiger partial charge in [0.05, 0.1) is 5.56 Å². The summed E-state index contributed by atoms with van der Waals surface area (Å²) in [6.07, 6.45) is -4.41. The first-order valence-corrected chi connectivity index (χ1v) is 11.1. The van der Waals surface area contributed by atoms with Gasteiger partial charge in [0.25, 0.3) is 5.91 Å². The molecule has 1 aliphatic heterocycles. The van der Waals surface area contributed by atoms with Crippen LogP contribution in [0, 0.1) is 0 Å². The zero-order valence-electron chi connectivity index (χ0n) is 19.3. The van der Waals surface area contributed by atoms with Gasteiger partial charge >= 0.3 is 6.18 Å². The van der Waals surface area contributed by atoms with Crippen molar-refractivity contribution in [3.05, 3.63) is 65.4 Å². The van der Waals surface area contributed by atoms with Crippen molar-refractivity contribution in [3.63, 3.8) is 0 Å². The van der Waals surface area contributed by atoms with Crippen LogP contribution in [0.3, 0.4) is 0 Å². The van der Waals surface area contributed by atoms with Crippen LogP contribution in [0.2, 0.25) is 0 Å². The van der Waals surface area contributed by atoms with Crippen LogP contribution in [0.4, 0.5) is 30.4 Å². The Morgan fingerprint density at radius 2 is 1.81 bits per heavy atom. The number of fused-ring (bicyclic) bond motifs is 1. The lowest BCUT2D eigenvalue weighted by molar-refractivity contribution is -0.137. The molecule has 4 rings (SSSR count). The SMILES string of the molecule is C[C@H](Nc1cc(C(N)=O)nc(-c2ccc3c(c2)CNCCN3c2ccc(C(F)(F)F)cc2)n1)C(N)=O. The topological polar surface area (TPSA) is 139 Å². The van der Waals surface area contributed by atoms with Gasteiger partial charge in [0.2, 0.25) is 5.91 Å². The molecule has 1 aliphatic rings. The number of carbonyl (C=O) groups is 2. The van der Waals surface area contributed by atoms with E-state index < -0.39 is 29.6 Å². The van der Waals surface area contributed by atoms with Gasteiger partial charge in [0.1, 0.15) is 17.6 Å². The minimum atomic E-state index is -4.41. The number of aromatic nitrogens is 2. The van der Waals surface area contributed by atoms with Crippen LogP contribution in [0.5, 0.6) is 0 Å². The van der Waals surface area contributed by atoms with Gasteiger partial charge in [0.15, 0.2) is 5.82 Å². The number of nitrogens with one attached hydrogen (secondary N) is 2. The van der Waals surface area contributed by atoms with Gasteiger partial charge in [-0.15, -0.1) is 0 Å². The molecule has 12 heteroatoms. The maximum absolute atomic E-state index is 13.0. The molecular formula is C24H24F3N7O2. The van der Waals surface area contributed by atoms with Gasteiger partial charge in [-0.05, 0) is 55.0 Å². The van der Waals surface area contributed by atoms with Crippen molar-refractivity contribution >= 4 is 29.0 Å². The molecule has 2 amide bonds. The van der Waals surface area contributed by atoms with E-state index in [0.717, 1.165) is 23.4 Å². The molecule has 0 spiro atoms. The number of benzene rings is 2. The van der Waals surface area contributed by atoms with Gasteiger partial charge < -0.3 is 27.0 Å². The smallest absolute Gasteiger partial charge is 0.368 e. The van der Waals surface area contributed by atoms with Crippen LogP contribution in [0.1, 0.15) is 28.5 Å². The second kappa shape index (κ2) is 9.82. The summed E-state index contributed by atoms with van der Waals surface area (Å²) < 4.78 is 39.0. The second-order valence-corrected chi connectivity index (χ2v) is 8.31. The first-order chi connectivity index (χ1) is 17.0. The quantitative estimate of drug-likeness (QED) is 0.409. The minimum absolute atomic E-state index is 0.0429. The van der Waals surface area contributed by atoms with Crippen LogP contribution in [0.15, 0.2) is 48.5 Å². The van der Waals surface area contributed by atoms with E-state index in [1.54, 1.807) is 13.0 Å². The Labute approximate surface area is 204 Å². The maximum Gasteiger partial charge on any atom is 0.416 e. The summed E-state index contributed by atoms with van der Waals surface area (Å²) in [4.78, 5) is 33.9. The molecule has 1 aromatic heterocycles. The van der Waals surface area contributed by atoms with Crippen LogP contribution in [-0.2, 0) is 17.5 Å². The van der Waals surface area contributed by atoms with Crippen molar-refractivity contribution in [2.75, 3.05) is 23.3 Å². The van der Waals surface area contributed by atoms with Crippen molar-refractivity contribution < 1.29 is 22.8 Å². The zero-order valence-corrected chi connectivity index (χ0v) is 19.3. The molecule has 0 saturated heterocycles. The number of carbonyl (C=O) groups excluding carboxylic acids is 2. The third-order valence-electron chi connectivity index (χ3n) is 5.73. The number of nitrogens with two attached hydrogens (primary N) is 2. The molecule has 188 valence electrons. The summed E-state index contributed by atoms with van der Waals surface area (Å²) in [6.45, 7) is 3.21. The lowest BCUT2D eigenvalue weighted by Crippen LogP contribution is -2.33. The van der Waals surface area contributed by atoms with Gasteiger partial charge in [-0.1, -0.05) is 0 Å². The highest BCUT2D eigenvalue weighted by Crippen LogP contribution is 2.35. The standard InChI is InChI=1S/C24H24F3N7O2/c1-13(21(28)35)31-20-11-18(22(29)36)32-23(33-20)14-2-7-19-15(10-14)12-30-8-9-34(19)17-5-3-16(4-6-17)24(25,26)27/h2-7,10-11,13,30H,8-9,12H2,1H3,(H2,28,35)(H2,29,36)(H,31,32,33)/t13-/m0/s1. The summed E-state index contributed by atoms with van der Waals surface area (Å²) in [7, 11) is 0. The lowest BCUT2D eigenvalue weighted by atomic mass is 10.1. The Morgan fingerprint density at radius 1 is 1.08 bits per heavy atom. The third-order valence-corrected chi connectivity index (χ3v) is 5.73. The average molecular weight is 499 g/mol. The number of hydrogen-bond donors (Lipinski definition) is 4. The third kappa shape index (κ3) is 5.38. The van der Waals surface area contributed by atoms with Crippen LogP contribution >= 0.6 is 0 Å². The summed E-state index contributed by atoms with van der Waals surface area (Å²) in [5, 5.41) is 6.13. The summed E-state index contributed by atoms with van der Waals surface area (Å²) in [5.74, 6) is -0.952. The molecule has 6 N–H and O–H groups in total. The average Bonchev–Trinajstić information content (AvgIpc) is 3.05. The fraction of sp³-hybridized carbons (Fsp3) is 0.250. The number of halogens is 3. The molecule has 0 saturated carbocycles. The number of nitrogens with zero attached hydrogens (tertiary/aromatic N) is 3. The van der Waals surface area contributed by atoms with Crippen LogP contribution in [0.25, 0.3) is 11.4 Å². The van der Waals surface area contributed by atoms with Crippen molar-refractivity contribution in [2.24, 2.45) is 11.5 Å². The number of primary amides is 2. The summed E-state index contributed by atoms with van der Waals surface area (Å²) in [6, 6.07) is 11.0. The van der Waals surface area contributed by atoms with Crippen LogP contribution < -0.4 is 27.0 Å². The molecule has 0 fully saturated rings. The summed E-state index contributed by atoms with van der Waals surface area (Å²) >= 11 is 0. The van der Waals surface area contributed by atoms with Crippen molar-refractivity contribution in [2.45, 2.75) is 25.7 Å². The zero-order chi connectivity index (χ0) is 26.0. The van der Waals surface area contributed by atoms with E-state index in [-0.39, 0.29) is 17.3 Å². The van der Waals surface area contributed by atoms with Gasteiger partial charge in [-0.2, -0.15) is 13.2 Å². The predicted molar refractivity (Wildman–Crippen MR) is 128 cm³/mol. The Kier molecular flexibility index (Phi) is 6.80. The fourth-order valence-electron chi connectivity index (χ4n) is 3.83. The lowest BCUT2D eigenvalue weighted by Gasteiger charge is -2.25. The molecule has 2 aromatic carbocycles. The summed E-state index contributed by atoms with van der Waals surface area (Å²) in [5.41, 5.74) is 12.9. The number of anilines is 3. The predicted octanol–water partition coefficient (Wildman–Crippen LogP) is 2.79. The molecule has 1 atom stereocenters. The Bertz CT molecular complexity index is 1300. The van der Waals surface area contributed by atoms with Crippen molar-refractivity contribution in [1.29, 1.82) is 0 Å². The van der Waals surface area contributed by atoms with E-state index in [2.05, 4.69) is 20.6 Å². The fourth-order valence-corrected chi connectivity index (χ4v) is 3.83. The highest BCUT2D eigenvalue weighted by Gasteiger charge is 2.30. The Morgan fingerprint density at radius 3 is 2.44 bits per heavy atom. The number of hydrogen-bond acceptors (Lipinski definition) is 7. The first-order valence-electron chi connectivity index (χ1n) is 11.1. The second-order valence-electron chi connectivity index (χ2n) is 8.31. The largest absolute Gasteiger partial charge is 0.416 e. The molecule has 2 heterocycles. The highest BCUT2D eigenvalue weighted by molar-refractivity contribution is 5.92. The normalized spacial score (nSPS) is 14.5. The maximum atomic E-state index is 13.0. The van der Waals surface area contributed by atoms with E-state index in [4.69, 9.17) is 11.5 Å². The molecule has 9 nitrogen and oxygen atoms in total. The van der Waals surface area contributed by atoms with E-state index in [0.29, 0.717) is 30.9 Å². The number of rotatable bonds is 6. The molecule has 0 bridgehead atoms. The number of alkyl halides is 3. The van der Waals surface area contributed by atoms with E-state index >= 15 is 0 Å². The van der Waals surface area contributed by atoms with Gasteiger partial charge in [-0.25, -0.2) is 9.97 Å². The first kappa shape index (κ1) is 24.9. The number of amides is 2. The van der Waals surface area contributed by atoms with Gasteiger partial charge in [0, 0.05) is 42.6 Å². The monoisotopic (exact) mass is 499 g/mol. The molecule has 0 aliphatic carbocycles. The molecule has 3 aromatic rings. The highest BCUT2D eigenvalue weighted by atomic mass is 19.4. The molecule has 0 unspecified atom stereocenters. The van der Waals surface area contributed by atoms with E-state index in [1.165, 1.54) is 18.2 Å². The molecular weight excluding hydrogens is 475 g/mol.